The van der Waals surface area contributed by atoms with Gasteiger partial charge in [-0.2, -0.15) is 9.57 Å². The summed E-state index contributed by atoms with van der Waals surface area (Å²) in [5.74, 6) is 0.498. The molecule has 32 heavy (non-hydrogen) atoms. The highest BCUT2D eigenvalue weighted by atomic mass is 32.2. The van der Waals surface area contributed by atoms with Crippen molar-refractivity contribution in [2.24, 2.45) is 5.92 Å². The molecule has 3 aromatic rings. The number of carbonyl (C=O) groups excluding carboxylic acids is 1. The highest BCUT2D eigenvalue weighted by molar-refractivity contribution is 7.89. The second-order valence-corrected chi connectivity index (χ2v) is 10.6. The van der Waals surface area contributed by atoms with Crippen LogP contribution in [0.2, 0.25) is 0 Å². The van der Waals surface area contributed by atoms with E-state index in [0.717, 1.165) is 10.6 Å². The minimum absolute atomic E-state index is 0.0187. The average Bonchev–Trinajstić information content (AvgIpc) is 3.53. The van der Waals surface area contributed by atoms with Crippen LogP contribution in [0.3, 0.4) is 0 Å². The minimum Gasteiger partial charge on any atom is -0.467 e. The molecule has 4 rings (SSSR count). The molecule has 0 N–H and O–H groups in total. The van der Waals surface area contributed by atoms with Crippen molar-refractivity contribution in [3.8, 4) is 6.07 Å². The lowest BCUT2D eigenvalue weighted by atomic mass is 9.96. The molecular formula is C23H23N3O4S2. The van der Waals surface area contributed by atoms with Gasteiger partial charge in [-0.05, 0) is 60.7 Å². The fourth-order valence-electron chi connectivity index (χ4n) is 3.84. The van der Waals surface area contributed by atoms with Gasteiger partial charge in [0.2, 0.25) is 15.9 Å². The number of thiophene rings is 1. The van der Waals surface area contributed by atoms with Gasteiger partial charge in [0.25, 0.3) is 0 Å². The summed E-state index contributed by atoms with van der Waals surface area (Å²) in [6.45, 7) is 1.45. The monoisotopic (exact) mass is 469 g/mol. The summed E-state index contributed by atoms with van der Waals surface area (Å²) in [4.78, 5) is 16.4. The first-order valence-electron chi connectivity index (χ1n) is 10.3. The highest BCUT2D eigenvalue weighted by Crippen LogP contribution is 2.27. The molecule has 0 spiro atoms. The van der Waals surface area contributed by atoms with Crippen LogP contribution in [-0.4, -0.2) is 36.6 Å². The smallest absolute Gasteiger partial charge is 0.243 e. The zero-order valence-corrected chi connectivity index (χ0v) is 19.0. The molecule has 0 aliphatic carbocycles. The Balaban J connectivity index is 1.43. The van der Waals surface area contributed by atoms with Crippen LogP contribution in [0.25, 0.3) is 0 Å². The third-order valence-corrected chi connectivity index (χ3v) is 8.36. The second kappa shape index (κ2) is 9.69. The van der Waals surface area contributed by atoms with Crippen LogP contribution >= 0.6 is 11.3 Å². The van der Waals surface area contributed by atoms with Gasteiger partial charge in [0.05, 0.1) is 35.9 Å². The van der Waals surface area contributed by atoms with Crippen molar-refractivity contribution < 1.29 is 17.6 Å². The first kappa shape index (κ1) is 22.3. The normalized spacial score (nSPS) is 15.3. The predicted octanol–water partition coefficient (Wildman–Crippen LogP) is 3.84. The van der Waals surface area contributed by atoms with Crippen molar-refractivity contribution in [1.82, 2.24) is 9.21 Å². The van der Waals surface area contributed by atoms with E-state index in [4.69, 9.17) is 9.68 Å². The summed E-state index contributed by atoms with van der Waals surface area (Å²) in [6.07, 6.45) is 2.52. The highest BCUT2D eigenvalue weighted by Gasteiger charge is 2.34. The van der Waals surface area contributed by atoms with E-state index in [2.05, 4.69) is 0 Å². The lowest BCUT2D eigenvalue weighted by Gasteiger charge is -2.33. The van der Waals surface area contributed by atoms with E-state index in [0.29, 0.717) is 31.5 Å². The Morgan fingerprint density at radius 2 is 1.88 bits per heavy atom. The molecule has 7 nitrogen and oxygen atoms in total. The standard InChI is InChI=1S/C23H23N3O4S2/c24-15-18-5-7-22(8-6-18)32(28,29)26-11-9-19(10-12-26)23(27)25(16-20-3-1-13-30-20)17-21-4-2-14-31-21/h1-8,13-14,19H,9-12,16-17H2. The molecule has 1 fully saturated rings. The van der Waals surface area contributed by atoms with Crippen LogP contribution in [0.15, 0.2) is 69.5 Å². The third-order valence-electron chi connectivity index (χ3n) is 5.59. The van der Waals surface area contributed by atoms with Crippen LogP contribution in [-0.2, 0) is 27.9 Å². The number of amides is 1. The van der Waals surface area contributed by atoms with Crippen molar-refractivity contribution >= 4 is 27.3 Å². The van der Waals surface area contributed by atoms with E-state index in [1.165, 1.54) is 28.6 Å². The summed E-state index contributed by atoms with van der Waals surface area (Å²) < 4.78 is 32.8. The first-order valence-corrected chi connectivity index (χ1v) is 12.6. The molecule has 0 unspecified atom stereocenters. The molecule has 1 aliphatic rings. The van der Waals surface area contributed by atoms with E-state index in [9.17, 15) is 13.2 Å². The molecule has 1 aromatic carbocycles. The maximum atomic E-state index is 13.3. The summed E-state index contributed by atoms with van der Waals surface area (Å²) >= 11 is 1.60. The van der Waals surface area contributed by atoms with Crippen molar-refractivity contribution in [2.75, 3.05) is 13.1 Å². The Morgan fingerprint density at radius 3 is 2.47 bits per heavy atom. The zero-order chi connectivity index (χ0) is 22.6. The van der Waals surface area contributed by atoms with Gasteiger partial charge in [-0.1, -0.05) is 6.07 Å². The maximum Gasteiger partial charge on any atom is 0.243 e. The van der Waals surface area contributed by atoms with Gasteiger partial charge >= 0.3 is 0 Å². The molecule has 3 heterocycles. The largest absolute Gasteiger partial charge is 0.467 e. The molecule has 1 aliphatic heterocycles. The van der Waals surface area contributed by atoms with Crippen LogP contribution < -0.4 is 0 Å². The van der Waals surface area contributed by atoms with Crippen molar-refractivity contribution in [3.63, 3.8) is 0 Å². The number of hydrogen-bond acceptors (Lipinski definition) is 6. The number of nitriles is 1. The Morgan fingerprint density at radius 1 is 1.12 bits per heavy atom. The quantitative estimate of drug-likeness (QED) is 0.524. The Labute approximate surface area is 191 Å². The molecule has 0 saturated carbocycles. The Kier molecular flexibility index (Phi) is 6.74. The molecule has 9 heteroatoms. The predicted molar refractivity (Wildman–Crippen MR) is 120 cm³/mol. The lowest BCUT2D eigenvalue weighted by Crippen LogP contribution is -2.44. The molecule has 1 saturated heterocycles. The molecule has 0 radical (unpaired) electrons. The van der Waals surface area contributed by atoms with Gasteiger partial charge in [-0.25, -0.2) is 8.42 Å². The number of piperidine rings is 1. The second-order valence-electron chi connectivity index (χ2n) is 7.67. The van der Waals surface area contributed by atoms with Gasteiger partial charge in [-0.3, -0.25) is 4.79 Å². The number of hydrogen-bond donors (Lipinski definition) is 0. The number of benzene rings is 1. The minimum atomic E-state index is -3.65. The average molecular weight is 470 g/mol. The topological polar surface area (TPSA) is 94.6 Å². The SMILES string of the molecule is N#Cc1ccc(S(=O)(=O)N2CCC(C(=O)N(Cc3ccco3)Cc3cccs3)CC2)cc1. The molecule has 0 bridgehead atoms. The number of rotatable bonds is 7. The van der Waals surface area contributed by atoms with E-state index >= 15 is 0 Å². The fraction of sp³-hybridized carbons (Fsp3) is 0.304. The van der Waals surface area contributed by atoms with Crippen molar-refractivity contribution in [2.45, 2.75) is 30.8 Å². The Hall–Kier alpha value is -2.93. The van der Waals surface area contributed by atoms with Crippen molar-refractivity contribution in [3.05, 3.63) is 76.4 Å². The molecule has 2 aromatic heterocycles. The van der Waals surface area contributed by atoms with Crippen LogP contribution in [0, 0.1) is 17.2 Å². The Bertz CT molecular complexity index is 1140. The van der Waals surface area contributed by atoms with Gasteiger partial charge in [0, 0.05) is 23.9 Å². The van der Waals surface area contributed by atoms with Crippen LogP contribution in [0.5, 0.6) is 0 Å². The molecule has 0 atom stereocenters. The summed E-state index contributed by atoms with van der Waals surface area (Å²) in [5.41, 5.74) is 0.413. The molecular weight excluding hydrogens is 446 g/mol. The van der Waals surface area contributed by atoms with Crippen LogP contribution in [0.4, 0.5) is 0 Å². The van der Waals surface area contributed by atoms with Crippen LogP contribution in [0.1, 0.15) is 29.0 Å². The van der Waals surface area contributed by atoms with Crippen molar-refractivity contribution in [1.29, 1.82) is 5.26 Å². The van der Waals surface area contributed by atoms with Gasteiger partial charge in [0.15, 0.2) is 0 Å². The molecule has 166 valence electrons. The van der Waals surface area contributed by atoms with E-state index < -0.39 is 10.0 Å². The summed E-state index contributed by atoms with van der Waals surface area (Å²) in [7, 11) is -3.65. The van der Waals surface area contributed by atoms with Gasteiger partial charge in [0.1, 0.15) is 5.76 Å². The summed E-state index contributed by atoms with van der Waals surface area (Å²) in [6, 6.07) is 15.5. The number of carbonyl (C=O) groups is 1. The maximum absolute atomic E-state index is 13.3. The number of nitrogens with zero attached hydrogens (tertiary/aromatic N) is 3. The summed E-state index contributed by atoms with van der Waals surface area (Å²) in [5, 5.41) is 10.9. The first-order chi connectivity index (χ1) is 15.5. The molecule has 1 amide bonds. The van der Waals surface area contributed by atoms with E-state index in [1.807, 2.05) is 29.6 Å². The number of sulfonamides is 1. The van der Waals surface area contributed by atoms with E-state index in [-0.39, 0.29) is 29.8 Å². The third kappa shape index (κ3) is 4.93. The number of furan rings is 1. The van der Waals surface area contributed by atoms with E-state index in [1.54, 1.807) is 28.6 Å². The fourth-order valence-corrected chi connectivity index (χ4v) is 6.03. The van der Waals surface area contributed by atoms with Gasteiger partial charge < -0.3 is 9.32 Å². The van der Waals surface area contributed by atoms with Gasteiger partial charge in [-0.15, -0.1) is 11.3 Å². The lowest BCUT2D eigenvalue weighted by molar-refractivity contribution is -0.138. The zero-order valence-electron chi connectivity index (χ0n) is 17.4.